The van der Waals surface area contributed by atoms with Crippen molar-refractivity contribution in [2.24, 2.45) is 0 Å². The molecular formula is C13H17NO2. The molecule has 16 heavy (non-hydrogen) atoms. The SMILES string of the molecule is CNCC(=O)c1c(O)ccc2c1CCCC2. The number of Topliss-reactive ketones (excluding diaryl/α,β-unsaturated/α-hetero) is 1. The number of likely N-dealkylation sites (N-methyl/N-ethyl adjacent to an activating group) is 1. The van der Waals surface area contributed by atoms with Crippen molar-refractivity contribution < 1.29 is 9.90 Å². The number of ketones is 1. The minimum absolute atomic E-state index is 0.0150. The fourth-order valence-corrected chi connectivity index (χ4v) is 2.38. The molecule has 0 radical (unpaired) electrons. The number of fused-ring (bicyclic) bond motifs is 1. The van der Waals surface area contributed by atoms with Gasteiger partial charge in [-0.3, -0.25) is 4.79 Å². The molecule has 0 spiro atoms. The van der Waals surface area contributed by atoms with Gasteiger partial charge in [0.2, 0.25) is 0 Å². The van der Waals surface area contributed by atoms with Crippen molar-refractivity contribution in [3.05, 3.63) is 28.8 Å². The molecule has 0 fully saturated rings. The van der Waals surface area contributed by atoms with Gasteiger partial charge in [-0.25, -0.2) is 0 Å². The van der Waals surface area contributed by atoms with Gasteiger partial charge in [0.25, 0.3) is 0 Å². The largest absolute Gasteiger partial charge is 0.507 e. The number of aromatic hydroxyl groups is 1. The van der Waals surface area contributed by atoms with E-state index in [2.05, 4.69) is 5.32 Å². The first-order chi connectivity index (χ1) is 7.74. The van der Waals surface area contributed by atoms with E-state index in [-0.39, 0.29) is 18.1 Å². The maximum absolute atomic E-state index is 11.9. The van der Waals surface area contributed by atoms with E-state index < -0.39 is 0 Å². The van der Waals surface area contributed by atoms with Crippen LogP contribution < -0.4 is 5.32 Å². The molecule has 1 aliphatic rings. The lowest BCUT2D eigenvalue weighted by Crippen LogP contribution is -2.21. The van der Waals surface area contributed by atoms with Crippen molar-refractivity contribution in [3.8, 4) is 5.75 Å². The number of benzene rings is 1. The second-order valence-corrected chi connectivity index (χ2v) is 4.26. The summed E-state index contributed by atoms with van der Waals surface area (Å²) in [6.07, 6.45) is 4.22. The second kappa shape index (κ2) is 4.66. The summed E-state index contributed by atoms with van der Waals surface area (Å²) in [5.74, 6) is 0.111. The van der Waals surface area contributed by atoms with E-state index in [1.54, 1.807) is 13.1 Å². The Kier molecular flexibility index (Phi) is 3.25. The lowest BCUT2D eigenvalue weighted by Gasteiger charge is -2.19. The van der Waals surface area contributed by atoms with E-state index >= 15 is 0 Å². The predicted octanol–water partition coefficient (Wildman–Crippen LogP) is 1.67. The van der Waals surface area contributed by atoms with Gasteiger partial charge < -0.3 is 10.4 Å². The van der Waals surface area contributed by atoms with Crippen molar-refractivity contribution >= 4 is 5.78 Å². The number of aryl methyl sites for hydroxylation is 1. The van der Waals surface area contributed by atoms with Crippen LogP contribution in [0.5, 0.6) is 5.75 Å². The summed E-state index contributed by atoms with van der Waals surface area (Å²) in [5, 5.41) is 12.7. The molecule has 1 aromatic rings. The number of carbonyl (C=O) groups is 1. The number of hydrogen-bond donors (Lipinski definition) is 2. The quantitative estimate of drug-likeness (QED) is 0.760. The van der Waals surface area contributed by atoms with Gasteiger partial charge in [-0.2, -0.15) is 0 Å². The van der Waals surface area contributed by atoms with Gasteiger partial charge in [-0.15, -0.1) is 0 Å². The number of carbonyl (C=O) groups excluding carboxylic acids is 1. The summed E-state index contributed by atoms with van der Waals surface area (Å²) in [6.45, 7) is 0.282. The molecule has 0 unspecified atom stereocenters. The fourth-order valence-electron chi connectivity index (χ4n) is 2.38. The topological polar surface area (TPSA) is 49.3 Å². The third-order valence-corrected chi connectivity index (χ3v) is 3.13. The average molecular weight is 219 g/mol. The van der Waals surface area contributed by atoms with Crippen molar-refractivity contribution in [1.29, 1.82) is 0 Å². The number of phenolic OH excluding ortho intramolecular Hbond substituents is 1. The van der Waals surface area contributed by atoms with Gasteiger partial charge in [-0.05, 0) is 49.9 Å². The van der Waals surface area contributed by atoms with Crippen LogP contribution in [0.15, 0.2) is 12.1 Å². The van der Waals surface area contributed by atoms with Gasteiger partial charge in [0.1, 0.15) is 5.75 Å². The molecule has 1 aromatic carbocycles. The van der Waals surface area contributed by atoms with Crippen LogP contribution in [0, 0.1) is 0 Å². The summed E-state index contributed by atoms with van der Waals surface area (Å²) in [5.41, 5.74) is 2.82. The van der Waals surface area contributed by atoms with Crippen molar-refractivity contribution in [3.63, 3.8) is 0 Å². The average Bonchev–Trinajstić information content (AvgIpc) is 2.29. The van der Waals surface area contributed by atoms with Crippen molar-refractivity contribution in [2.75, 3.05) is 13.6 Å². The Bertz CT molecular complexity index is 413. The highest BCUT2D eigenvalue weighted by Crippen LogP contribution is 2.30. The van der Waals surface area contributed by atoms with Crippen LogP contribution in [0.25, 0.3) is 0 Å². The first kappa shape index (κ1) is 11.1. The van der Waals surface area contributed by atoms with Crippen LogP contribution in [0.2, 0.25) is 0 Å². The molecule has 86 valence electrons. The second-order valence-electron chi connectivity index (χ2n) is 4.26. The lowest BCUT2D eigenvalue weighted by atomic mass is 9.86. The Hall–Kier alpha value is -1.35. The van der Waals surface area contributed by atoms with E-state index in [1.165, 1.54) is 12.0 Å². The van der Waals surface area contributed by atoms with Crippen molar-refractivity contribution in [2.45, 2.75) is 25.7 Å². The minimum Gasteiger partial charge on any atom is -0.507 e. The molecule has 0 amide bonds. The Morgan fingerprint density at radius 1 is 1.38 bits per heavy atom. The van der Waals surface area contributed by atoms with E-state index in [4.69, 9.17) is 0 Å². The summed E-state index contributed by atoms with van der Waals surface area (Å²) in [6, 6.07) is 3.59. The van der Waals surface area contributed by atoms with Crippen LogP contribution in [-0.2, 0) is 12.8 Å². The normalized spacial score (nSPS) is 14.6. The summed E-state index contributed by atoms with van der Waals surface area (Å²) >= 11 is 0. The summed E-state index contributed by atoms with van der Waals surface area (Å²) in [4.78, 5) is 11.9. The third-order valence-electron chi connectivity index (χ3n) is 3.13. The predicted molar refractivity (Wildman–Crippen MR) is 63.0 cm³/mol. The molecule has 3 nitrogen and oxygen atoms in total. The molecule has 1 aliphatic carbocycles. The molecule has 3 heteroatoms. The van der Waals surface area contributed by atoms with Gasteiger partial charge in [0, 0.05) is 0 Å². The Labute approximate surface area is 95.5 Å². The number of hydrogen-bond acceptors (Lipinski definition) is 3. The maximum atomic E-state index is 11.9. The molecule has 0 aromatic heterocycles. The smallest absolute Gasteiger partial charge is 0.180 e. The lowest BCUT2D eigenvalue weighted by molar-refractivity contribution is 0.0990. The zero-order chi connectivity index (χ0) is 11.5. The fraction of sp³-hybridized carbons (Fsp3) is 0.462. The molecule has 0 atom stereocenters. The monoisotopic (exact) mass is 219 g/mol. The third kappa shape index (κ3) is 1.95. The highest BCUT2D eigenvalue weighted by Gasteiger charge is 2.20. The molecule has 0 bridgehead atoms. The highest BCUT2D eigenvalue weighted by atomic mass is 16.3. The Morgan fingerprint density at radius 3 is 2.88 bits per heavy atom. The van der Waals surface area contributed by atoms with E-state index in [0.717, 1.165) is 24.8 Å². The van der Waals surface area contributed by atoms with Crippen LogP contribution >= 0.6 is 0 Å². The standard InChI is InChI=1S/C13H17NO2/c1-14-8-12(16)13-10-5-3-2-4-9(10)6-7-11(13)15/h6-7,14-15H,2-5,8H2,1H3. The summed E-state index contributed by atoms with van der Waals surface area (Å²) < 4.78 is 0. The molecule has 0 aliphatic heterocycles. The van der Waals surface area contributed by atoms with Gasteiger partial charge in [0.05, 0.1) is 12.1 Å². The van der Waals surface area contributed by atoms with Crippen LogP contribution in [0.4, 0.5) is 0 Å². The first-order valence-corrected chi connectivity index (χ1v) is 5.75. The molecule has 2 rings (SSSR count). The molecule has 0 heterocycles. The van der Waals surface area contributed by atoms with E-state index in [0.29, 0.717) is 5.56 Å². The van der Waals surface area contributed by atoms with Gasteiger partial charge in [-0.1, -0.05) is 6.07 Å². The zero-order valence-electron chi connectivity index (χ0n) is 9.55. The number of nitrogens with one attached hydrogen (secondary N) is 1. The van der Waals surface area contributed by atoms with Crippen LogP contribution in [0.3, 0.4) is 0 Å². The first-order valence-electron chi connectivity index (χ1n) is 5.75. The van der Waals surface area contributed by atoms with Gasteiger partial charge >= 0.3 is 0 Å². The molecule has 0 saturated heterocycles. The Morgan fingerprint density at radius 2 is 2.12 bits per heavy atom. The van der Waals surface area contributed by atoms with E-state index in [9.17, 15) is 9.90 Å². The minimum atomic E-state index is -0.0150. The Balaban J connectivity index is 2.45. The molecular weight excluding hydrogens is 202 g/mol. The number of phenols is 1. The molecule has 2 N–H and O–H groups in total. The summed E-state index contributed by atoms with van der Waals surface area (Å²) in [7, 11) is 1.74. The maximum Gasteiger partial charge on any atom is 0.180 e. The highest BCUT2D eigenvalue weighted by molar-refractivity contribution is 6.01. The molecule has 0 saturated carbocycles. The van der Waals surface area contributed by atoms with Crippen LogP contribution in [0.1, 0.15) is 34.3 Å². The zero-order valence-corrected chi connectivity index (χ0v) is 9.55. The van der Waals surface area contributed by atoms with Gasteiger partial charge in [0.15, 0.2) is 5.78 Å². The van der Waals surface area contributed by atoms with Crippen molar-refractivity contribution in [1.82, 2.24) is 5.32 Å². The number of rotatable bonds is 3. The van der Waals surface area contributed by atoms with E-state index in [1.807, 2.05) is 6.07 Å². The van der Waals surface area contributed by atoms with Crippen LogP contribution in [-0.4, -0.2) is 24.5 Å².